The van der Waals surface area contributed by atoms with Gasteiger partial charge in [0, 0.05) is 18.7 Å². The Morgan fingerprint density at radius 1 is 1.08 bits per heavy atom. The van der Waals surface area contributed by atoms with Crippen LogP contribution < -0.4 is 10.6 Å². The number of nitrogens with zero attached hydrogens (tertiary/aromatic N) is 3. The van der Waals surface area contributed by atoms with Gasteiger partial charge in [0.05, 0.1) is 18.4 Å². The number of fused-ring (bicyclic) bond motifs is 1. The molecule has 138 valence electrons. The lowest BCUT2D eigenvalue weighted by Gasteiger charge is -2.34. The number of halogens is 1. The van der Waals surface area contributed by atoms with Crippen LogP contribution in [0, 0.1) is 5.82 Å². The molecule has 1 aliphatic carbocycles. The summed E-state index contributed by atoms with van der Waals surface area (Å²) < 4.78 is 19.0. The fraction of sp³-hybridized carbons (Fsp3) is 0.500. The molecule has 2 aliphatic rings. The number of aryl methyl sites for hydroxylation is 1. The minimum absolute atomic E-state index is 0.213. The van der Waals surface area contributed by atoms with Crippen LogP contribution in [0.3, 0.4) is 0 Å². The van der Waals surface area contributed by atoms with Gasteiger partial charge in [-0.05, 0) is 56.2 Å². The first kappa shape index (κ1) is 17.2. The van der Waals surface area contributed by atoms with Crippen molar-refractivity contribution in [2.24, 2.45) is 0 Å². The summed E-state index contributed by atoms with van der Waals surface area (Å²) in [6.07, 6.45) is 6.58. The van der Waals surface area contributed by atoms with Gasteiger partial charge in [-0.2, -0.15) is 4.98 Å². The number of benzene rings is 1. The lowest BCUT2D eigenvalue weighted by molar-refractivity contribution is 0.0250. The maximum atomic E-state index is 13.0. The van der Waals surface area contributed by atoms with Crippen molar-refractivity contribution >= 4 is 11.8 Å². The number of rotatable bonds is 4. The third kappa shape index (κ3) is 3.80. The zero-order chi connectivity index (χ0) is 17.9. The summed E-state index contributed by atoms with van der Waals surface area (Å²) in [4.78, 5) is 11.3. The maximum absolute atomic E-state index is 13.0. The van der Waals surface area contributed by atoms with Gasteiger partial charge in [-0.3, -0.25) is 0 Å². The monoisotopic (exact) mass is 356 g/mol. The van der Waals surface area contributed by atoms with Crippen LogP contribution in [0.5, 0.6) is 0 Å². The Bertz CT molecular complexity index is 757. The van der Waals surface area contributed by atoms with Gasteiger partial charge in [-0.25, -0.2) is 9.37 Å². The van der Waals surface area contributed by atoms with Gasteiger partial charge in [-0.15, -0.1) is 0 Å². The highest BCUT2D eigenvalue weighted by Crippen LogP contribution is 2.30. The molecule has 0 unspecified atom stereocenters. The number of hydrogen-bond donors (Lipinski definition) is 1. The molecule has 26 heavy (non-hydrogen) atoms. The van der Waals surface area contributed by atoms with E-state index in [-0.39, 0.29) is 11.9 Å². The summed E-state index contributed by atoms with van der Waals surface area (Å²) in [5.41, 5.74) is 9.37. The molecule has 1 aromatic heterocycles. The molecule has 6 heteroatoms. The summed E-state index contributed by atoms with van der Waals surface area (Å²) >= 11 is 0. The summed E-state index contributed by atoms with van der Waals surface area (Å²) in [5, 5.41) is 0. The highest BCUT2D eigenvalue weighted by molar-refractivity contribution is 5.53. The summed E-state index contributed by atoms with van der Waals surface area (Å²) in [6.45, 7) is 2.36. The zero-order valence-electron chi connectivity index (χ0n) is 15.0. The van der Waals surface area contributed by atoms with Gasteiger partial charge in [-0.1, -0.05) is 12.1 Å². The van der Waals surface area contributed by atoms with E-state index in [4.69, 9.17) is 10.5 Å². The first-order valence-electron chi connectivity index (χ1n) is 9.45. The number of aromatic nitrogens is 2. The minimum atomic E-state index is -0.213. The van der Waals surface area contributed by atoms with E-state index < -0.39 is 0 Å². The Labute approximate surface area is 153 Å². The van der Waals surface area contributed by atoms with Crippen molar-refractivity contribution in [2.75, 3.05) is 23.7 Å². The Kier molecular flexibility index (Phi) is 5.02. The maximum Gasteiger partial charge on any atom is 0.222 e. The standard InChI is InChI=1S/C20H25FN4O/c21-15-7-5-14(6-8-15)13-26-16-9-11-25(12-10-16)19-17-3-1-2-4-18(17)23-20(22)24-19/h5-8,16H,1-4,9-13H2,(H2,22,23,24). The number of ether oxygens (including phenoxy) is 1. The molecule has 0 spiro atoms. The predicted molar refractivity (Wildman–Crippen MR) is 99.5 cm³/mol. The third-order valence-corrected chi connectivity index (χ3v) is 5.32. The molecule has 0 bridgehead atoms. The second-order valence-electron chi connectivity index (χ2n) is 7.16. The van der Waals surface area contributed by atoms with Gasteiger partial charge in [0.2, 0.25) is 5.95 Å². The van der Waals surface area contributed by atoms with E-state index in [1.165, 1.54) is 30.5 Å². The molecule has 1 fully saturated rings. The van der Waals surface area contributed by atoms with Crippen molar-refractivity contribution in [3.05, 3.63) is 46.9 Å². The van der Waals surface area contributed by atoms with Crippen molar-refractivity contribution in [1.29, 1.82) is 0 Å². The molecule has 4 rings (SSSR count). The molecule has 1 saturated heterocycles. The molecule has 1 aromatic carbocycles. The van der Waals surface area contributed by atoms with E-state index >= 15 is 0 Å². The average Bonchev–Trinajstić information content (AvgIpc) is 2.67. The van der Waals surface area contributed by atoms with Crippen molar-refractivity contribution in [3.8, 4) is 0 Å². The fourth-order valence-electron chi connectivity index (χ4n) is 3.88. The third-order valence-electron chi connectivity index (χ3n) is 5.32. The van der Waals surface area contributed by atoms with E-state index in [9.17, 15) is 4.39 Å². The van der Waals surface area contributed by atoms with Gasteiger partial charge < -0.3 is 15.4 Å². The number of anilines is 2. The Balaban J connectivity index is 1.36. The quantitative estimate of drug-likeness (QED) is 0.911. The molecular weight excluding hydrogens is 331 g/mol. The van der Waals surface area contributed by atoms with Crippen LogP contribution in [-0.4, -0.2) is 29.2 Å². The molecule has 0 radical (unpaired) electrons. The lowest BCUT2D eigenvalue weighted by Crippen LogP contribution is -2.38. The number of piperidine rings is 1. The van der Waals surface area contributed by atoms with Crippen LogP contribution in [0.1, 0.15) is 42.5 Å². The highest BCUT2D eigenvalue weighted by Gasteiger charge is 2.25. The van der Waals surface area contributed by atoms with Crippen molar-refractivity contribution in [3.63, 3.8) is 0 Å². The molecule has 0 amide bonds. The second kappa shape index (κ2) is 7.58. The second-order valence-corrected chi connectivity index (χ2v) is 7.16. The molecule has 2 N–H and O–H groups in total. The van der Waals surface area contributed by atoms with Crippen LogP contribution in [0.4, 0.5) is 16.2 Å². The van der Waals surface area contributed by atoms with E-state index in [2.05, 4.69) is 14.9 Å². The minimum Gasteiger partial charge on any atom is -0.373 e. The number of nitrogens with two attached hydrogens (primary N) is 1. The van der Waals surface area contributed by atoms with Crippen molar-refractivity contribution in [2.45, 2.75) is 51.2 Å². The first-order valence-corrected chi connectivity index (χ1v) is 9.45. The van der Waals surface area contributed by atoms with Gasteiger partial charge in [0.1, 0.15) is 11.6 Å². The summed E-state index contributed by atoms with van der Waals surface area (Å²) in [6, 6.07) is 6.51. The summed E-state index contributed by atoms with van der Waals surface area (Å²) in [5.74, 6) is 1.20. The number of hydrogen-bond acceptors (Lipinski definition) is 5. The van der Waals surface area contributed by atoms with Crippen molar-refractivity contribution in [1.82, 2.24) is 9.97 Å². The number of nitrogen functional groups attached to an aromatic ring is 1. The fourth-order valence-corrected chi connectivity index (χ4v) is 3.88. The lowest BCUT2D eigenvalue weighted by atomic mass is 9.95. The topological polar surface area (TPSA) is 64.3 Å². The Morgan fingerprint density at radius 3 is 2.58 bits per heavy atom. The Hall–Kier alpha value is -2.21. The Morgan fingerprint density at radius 2 is 1.81 bits per heavy atom. The van der Waals surface area contributed by atoms with Crippen LogP contribution >= 0.6 is 0 Å². The normalized spacial score (nSPS) is 18.0. The SMILES string of the molecule is Nc1nc2c(c(N3CCC(OCc4ccc(F)cc4)CC3)n1)CCCC2. The zero-order valence-corrected chi connectivity index (χ0v) is 15.0. The molecule has 5 nitrogen and oxygen atoms in total. The van der Waals surface area contributed by atoms with Gasteiger partial charge in [0.15, 0.2) is 0 Å². The van der Waals surface area contributed by atoms with Crippen LogP contribution in [0.25, 0.3) is 0 Å². The van der Waals surface area contributed by atoms with Crippen LogP contribution in [0.15, 0.2) is 24.3 Å². The average molecular weight is 356 g/mol. The van der Waals surface area contributed by atoms with Crippen LogP contribution in [-0.2, 0) is 24.2 Å². The predicted octanol–water partition coefficient (Wildman–Crippen LogP) is 3.26. The smallest absolute Gasteiger partial charge is 0.222 e. The van der Waals surface area contributed by atoms with E-state index in [1.54, 1.807) is 12.1 Å². The molecular formula is C20H25FN4O. The van der Waals surface area contributed by atoms with Gasteiger partial charge in [0.25, 0.3) is 0 Å². The van der Waals surface area contributed by atoms with E-state index in [0.29, 0.717) is 12.6 Å². The van der Waals surface area contributed by atoms with Crippen molar-refractivity contribution < 1.29 is 9.13 Å². The molecule has 2 heterocycles. The molecule has 0 saturated carbocycles. The highest BCUT2D eigenvalue weighted by atomic mass is 19.1. The summed E-state index contributed by atoms with van der Waals surface area (Å²) in [7, 11) is 0. The molecule has 0 atom stereocenters. The molecule has 2 aromatic rings. The van der Waals surface area contributed by atoms with E-state index in [0.717, 1.165) is 55.8 Å². The first-order chi connectivity index (χ1) is 12.7. The van der Waals surface area contributed by atoms with E-state index in [1.807, 2.05) is 0 Å². The van der Waals surface area contributed by atoms with Gasteiger partial charge >= 0.3 is 0 Å². The largest absolute Gasteiger partial charge is 0.373 e. The van der Waals surface area contributed by atoms with Crippen LogP contribution in [0.2, 0.25) is 0 Å². The molecule has 1 aliphatic heterocycles.